The van der Waals surface area contributed by atoms with Crippen molar-refractivity contribution in [1.29, 1.82) is 0 Å². The van der Waals surface area contributed by atoms with E-state index in [2.05, 4.69) is 21.2 Å². The number of hydrogen-bond acceptors (Lipinski definition) is 2. The molecule has 0 aromatic heterocycles. The van der Waals surface area contributed by atoms with E-state index in [1.54, 1.807) is 18.2 Å². The Morgan fingerprint density at radius 2 is 1.95 bits per heavy atom. The van der Waals surface area contributed by atoms with E-state index in [4.69, 9.17) is 0 Å². The molecular formula is C17H18BrFN2O. The van der Waals surface area contributed by atoms with Crippen molar-refractivity contribution < 1.29 is 9.18 Å². The van der Waals surface area contributed by atoms with Crippen molar-refractivity contribution in [2.45, 2.75) is 6.04 Å². The van der Waals surface area contributed by atoms with Crippen LogP contribution >= 0.6 is 15.9 Å². The Hall–Kier alpha value is -1.72. The number of likely N-dealkylation sites (N-methyl/N-ethyl adjacent to an activating group) is 1. The Labute approximate surface area is 138 Å². The predicted molar refractivity (Wildman–Crippen MR) is 89.3 cm³/mol. The lowest BCUT2D eigenvalue weighted by Crippen LogP contribution is -2.34. The summed E-state index contributed by atoms with van der Waals surface area (Å²) in [5.74, 6) is -0.424. The standard InChI is InChI=1S/C17H18BrFN2O/c1-21(2)16(12-5-4-8-15(19)10-12)11-20-17(22)13-6-3-7-14(18)9-13/h3-10,16H,11H2,1-2H3,(H,20,22). The molecule has 22 heavy (non-hydrogen) atoms. The van der Waals surface area contributed by atoms with Crippen LogP contribution in [0.5, 0.6) is 0 Å². The number of benzene rings is 2. The molecular weight excluding hydrogens is 347 g/mol. The van der Waals surface area contributed by atoms with Gasteiger partial charge in [0, 0.05) is 16.6 Å². The molecule has 0 aliphatic heterocycles. The van der Waals surface area contributed by atoms with Crippen LogP contribution in [0.4, 0.5) is 4.39 Å². The maximum atomic E-state index is 13.4. The van der Waals surface area contributed by atoms with Gasteiger partial charge in [0.25, 0.3) is 5.91 Å². The van der Waals surface area contributed by atoms with E-state index >= 15 is 0 Å². The fraction of sp³-hybridized carbons (Fsp3) is 0.235. The fourth-order valence-electron chi connectivity index (χ4n) is 2.23. The lowest BCUT2D eigenvalue weighted by molar-refractivity contribution is 0.0942. The summed E-state index contributed by atoms with van der Waals surface area (Å²) in [6, 6.07) is 13.6. The molecule has 3 nitrogen and oxygen atoms in total. The molecule has 0 bridgehead atoms. The maximum absolute atomic E-state index is 13.4. The van der Waals surface area contributed by atoms with E-state index in [0.717, 1.165) is 10.0 Å². The van der Waals surface area contributed by atoms with Crippen LogP contribution in [0, 0.1) is 5.82 Å². The van der Waals surface area contributed by atoms with Gasteiger partial charge in [-0.2, -0.15) is 0 Å². The first-order chi connectivity index (χ1) is 10.5. The Kier molecular flexibility index (Phi) is 5.69. The molecule has 0 aliphatic rings. The van der Waals surface area contributed by atoms with E-state index in [9.17, 15) is 9.18 Å². The molecule has 0 saturated heterocycles. The number of nitrogens with zero attached hydrogens (tertiary/aromatic N) is 1. The van der Waals surface area contributed by atoms with Crippen LogP contribution in [0.1, 0.15) is 22.0 Å². The highest BCUT2D eigenvalue weighted by molar-refractivity contribution is 9.10. The van der Waals surface area contributed by atoms with Crippen molar-refractivity contribution >= 4 is 21.8 Å². The zero-order valence-corrected chi connectivity index (χ0v) is 14.1. The normalized spacial score (nSPS) is 12.2. The molecule has 1 atom stereocenters. The number of carbonyl (C=O) groups is 1. The van der Waals surface area contributed by atoms with Gasteiger partial charge in [0.15, 0.2) is 0 Å². The fourth-order valence-corrected chi connectivity index (χ4v) is 2.63. The highest BCUT2D eigenvalue weighted by Gasteiger charge is 2.16. The Morgan fingerprint density at radius 1 is 1.23 bits per heavy atom. The quantitative estimate of drug-likeness (QED) is 0.878. The van der Waals surface area contributed by atoms with Gasteiger partial charge in [-0.05, 0) is 50.0 Å². The van der Waals surface area contributed by atoms with E-state index < -0.39 is 0 Å². The summed E-state index contributed by atoms with van der Waals surface area (Å²) in [6.07, 6.45) is 0. The molecule has 5 heteroatoms. The third-order valence-electron chi connectivity index (χ3n) is 3.40. The second-order valence-electron chi connectivity index (χ2n) is 5.25. The number of nitrogens with one attached hydrogen (secondary N) is 1. The van der Waals surface area contributed by atoms with E-state index in [-0.39, 0.29) is 17.8 Å². The molecule has 0 saturated carbocycles. The molecule has 1 N–H and O–H groups in total. The first-order valence-corrected chi connectivity index (χ1v) is 7.72. The smallest absolute Gasteiger partial charge is 0.251 e. The van der Waals surface area contributed by atoms with Crippen LogP contribution in [0.3, 0.4) is 0 Å². The average Bonchev–Trinajstić information content (AvgIpc) is 2.47. The first kappa shape index (κ1) is 16.6. The molecule has 2 aromatic rings. The molecule has 0 fully saturated rings. The minimum Gasteiger partial charge on any atom is -0.350 e. The lowest BCUT2D eigenvalue weighted by Gasteiger charge is -2.25. The summed E-state index contributed by atoms with van der Waals surface area (Å²) in [6.45, 7) is 0.405. The zero-order chi connectivity index (χ0) is 16.1. The largest absolute Gasteiger partial charge is 0.350 e. The molecule has 0 spiro atoms. The minimum absolute atomic E-state index is 0.0909. The Balaban J connectivity index is 2.08. The number of halogens is 2. The van der Waals surface area contributed by atoms with Crippen LogP contribution in [-0.4, -0.2) is 31.4 Å². The van der Waals surface area contributed by atoms with Gasteiger partial charge < -0.3 is 10.2 Å². The van der Waals surface area contributed by atoms with E-state index in [1.165, 1.54) is 12.1 Å². The summed E-state index contributed by atoms with van der Waals surface area (Å²) in [5.41, 5.74) is 1.42. The van der Waals surface area contributed by atoms with Crippen molar-refractivity contribution in [2.75, 3.05) is 20.6 Å². The molecule has 116 valence electrons. The van der Waals surface area contributed by atoms with Crippen molar-refractivity contribution in [2.24, 2.45) is 0 Å². The second-order valence-corrected chi connectivity index (χ2v) is 6.17. The van der Waals surface area contributed by atoms with Gasteiger partial charge in [0.1, 0.15) is 5.82 Å². The summed E-state index contributed by atoms with van der Waals surface area (Å²) in [4.78, 5) is 14.2. The van der Waals surface area contributed by atoms with Gasteiger partial charge in [0.2, 0.25) is 0 Å². The van der Waals surface area contributed by atoms with E-state index in [0.29, 0.717) is 12.1 Å². The van der Waals surface area contributed by atoms with Crippen LogP contribution in [0.2, 0.25) is 0 Å². The van der Waals surface area contributed by atoms with Gasteiger partial charge in [-0.1, -0.05) is 34.1 Å². The van der Waals surface area contributed by atoms with Crippen LogP contribution in [0.25, 0.3) is 0 Å². The van der Waals surface area contributed by atoms with Gasteiger partial charge in [-0.3, -0.25) is 4.79 Å². The number of amides is 1. The molecule has 0 aliphatic carbocycles. The average molecular weight is 365 g/mol. The molecule has 2 rings (SSSR count). The Bertz CT molecular complexity index is 661. The van der Waals surface area contributed by atoms with Crippen LogP contribution < -0.4 is 5.32 Å². The SMILES string of the molecule is CN(C)C(CNC(=O)c1cccc(Br)c1)c1cccc(F)c1. The number of carbonyl (C=O) groups excluding carboxylic acids is 1. The molecule has 0 radical (unpaired) electrons. The second kappa shape index (κ2) is 7.51. The molecule has 0 heterocycles. The third kappa shape index (κ3) is 4.39. The van der Waals surface area contributed by atoms with Gasteiger partial charge in [-0.15, -0.1) is 0 Å². The summed E-state index contributed by atoms with van der Waals surface area (Å²) in [7, 11) is 3.81. The topological polar surface area (TPSA) is 32.3 Å². The lowest BCUT2D eigenvalue weighted by atomic mass is 10.1. The molecule has 2 aromatic carbocycles. The Morgan fingerprint density at radius 3 is 2.59 bits per heavy atom. The van der Waals surface area contributed by atoms with Crippen LogP contribution in [-0.2, 0) is 0 Å². The van der Waals surface area contributed by atoms with Crippen LogP contribution in [0.15, 0.2) is 53.0 Å². The first-order valence-electron chi connectivity index (χ1n) is 6.93. The van der Waals surface area contributed by atoms with E-state index in [1.807, 2.05) is 37.2 Å². The van der Waals surface area contributed by atoms with Crippen molar-refractivity contribution in [1.82, 2.24) is 10.2 Å². The number of hydrogen-bond donors (Lipinski definition) is 1. The maximum Gasteiger partial charge on any atom is 0.251 e. The monoisotopic (exact) mass is 364 g/mol. The third-order valence-corrected chi connectivity index (χ3v) is 3.89. The number of rotatable bonds is 5. The van der Waals surface area contributed by atoms with Crippen molar-refractivity contribution in [3.05, 3.63) is 69.9 Å². The summed E-state index contributed by atoms with van der Waals surface area (Å²) < 4.78 is 14.2. The highest BCUT2D eigenvalue weighted by Crippen LogP contribution is 2.18. The summed E-state index contributed by atoms with van der Waals surface area (Å²) >= 11 is 3.35. The highest BCUT2D eigenvalue weighted by atomic mass is 79.9. The van der Waals surface area contributed by atoms with Gasteiger partial charge >= 0.3 is 0 Å². The van der Waals surface area contributed by atoms with Crippen molar-refractivity contribution in [3.8, 4) is 0 Å². The minimum atomic E-state index is -0.275. The zero-order valence-electron chi connectivity index (χ0n) is 12.5. The van der Waals surface area contributed by atoms with Gasteiger partial charge in [-0.25, -0.2) is 4.39 Å². The molecule has 1 unspecified atom stereocenters. The summed E-state index contributed by atoms with van der Waals surface area (Å²) in [5, 5.41) is 2.90. The predicted octanol–water partition coefficient (Wildman–Crippen LogP) is 3.62. The van der Waals surface area contributed by atoms with Crippen molar-refractivity contribution in [3.63, 3.8) is 0 Å². The van der Waals surface area contributed by atoms with Gasteiger partial charge in [0.05, 0.1) is 6.04 Å². The molecule has 1 amide bonds.